The number of carbonyl (C=O) groups excluding carboxylic acids is 1. The van der Waals surface area contributed by atoms with Crippen molar-refractivity contribution in [3.05, 3.63) is 39.2 Å². The molecule has 1 aromatic rings. The molecule has 0 amide bonds. The fraction of sp³-hybridized carbons (Fsp3) is 0.417. The van der Waals surface area contributed by atoms with Crippen molar-refractivity contribution >= 4 is 11.7 Å². The largest absolute Gasteiger partial charge is 0.466 e. The first-order valence-corrected chi connectivity index (χ1v) is 5.86. The highest BCUT2D eigenvalue weighted by atomic mass is 19.4. The van der Waals surface area contributed by atoms with Crippen molar-refractivity contribution in [1.29, 1.82) is 0 Å². The van der Waals surface area contributed by atoms with Gasteiger partial charge in [-0.05, 0) is 18.9 Å². The van der Waals surface area contributed by atoms with E-state index in [2.05, 4.69) is 4.74 Å². The number of ether oxygens (including phenoxy) is 1. The Kier molecular flexibility index (Phi) is 5.23. The molecule has 0 aliphatic heterocycles. The molecule has 0 fully saturated rings. The number of aryl methyl sites for hydroxylation is 1. The molecule has 0 radical (unpaired) electrons. The first kappa shape index (κ1) is 16.9. The highest BCUT2D eigenvalue weighted by Gasteiger charge is 2.37. The molecule has 0 aliphatic rings. The maximum Gasteiger partial charge on any atom is 0.419 e. The van der Waals surface area contributed by atoms with E-state index in [9.17, 15) is 32.5 Å². The molecule has 1 aromatic carbocycles. The standard InChI is InChI=1S/C12H11F4NO4/c1-2-21-10(18)4-3-7-5-8(17(19)20)6-9(11(7)13)12(14,15)16/h5-6H,2-4H2,1H3. The van der Waals surface area contributed by atoms with Gasteiger partial charge in [0.15, 0.2) is 0 Å². The monoisotopic (exact) mass is 309 g/mol. The normalized spacial score (nSPS) is 11.3. The number of non-ortho nitro benzene ring substituents is 1. The van der Waals surface area contributed by atoms with Crippen LogP contribution in [0.25, 0.3) is 0 Å². The zero-order valence-electron chi connectivity index (χ0n) is 10.9. The number of benzene rings is 1. The highest BCUT2D eigenvalue weighted by molar-refractivity contribution is 5.69. The van der Waals surface area contributed by atoms with E-state index in [0.717, 1.165) is 0 Å². The van der Waals surface area contributed by atoms with Crippen LogP contribution in [0, 0.1) is 15.9 Å². The number of esters is 1. The van der Waals surface area contributed by atoms with Crippen LogP contribution in [-0.4, -0.2) is 17.5 Å². The van der Waals surface area contributed by atoms with E-state index in [0.29, 0.717) is 6.07 Å². The Bertz CT molecular complexity index is 557. The van der Waals surface area contributed by atoms with Crippen molar-refractivity contribution in [2.45, 2.75) is 25.9 Å². The summed E-state index contributed by atoms with van der Waals surface area (Å²) in [6.07, 6.45) is -5.85. The van der Waals surface area contributed by atoms with Crippen molar-refractivity contribution in [1.82, 2.24) is 0 Å². The summed E-state index contributed by atoms with van der Waals surface area (Å²) in [5.74, 6) is -2.34. The molecule has 0 saturated heterocycles. The minimum atomic E-state index is -5.06. The van der Waals surface area contributed by atoms with E-state index in [1.165, 1.54) is 6.92 Å². The minimum absolute atomic E-state index is 0.0735. The Morgan fingerprint density at radius 3 is 2.48 bits per heavy atom. The summed E-state index contributed by atoms with van der Waals surface area (Å²) in [6, 6.07) is 0.812. The van der Waals surface area contributed by atoms with Gasteiger partial charge in [0.05, 0.1) is 17.1 Å². The van der Waals surface area contributed by atoms with Gasteiger partial charge in [-0.2, -0.15) is 13.2 Å². The summed E-state index contributed by atoms with van der Waals surface area (Å²) in [4.78, 5) is 20.7. The SMILES string of the molecule is CCOC(=O)CCc1cc([N+](=O)[O-])cc(C(F)(F)F)c1F. The van der Waals surface area contributed by atoms with Crippen LogP contribution in [0.1, 0.15) is 24.5 Å². The molecule has 0 atom stereocenters. The summed E-state index contributed by atoms with van der Waals surface area (Å²) in [6.45, 7) is 1.61. The average molecular weight is 309 g/mol. The van der Waals surface area contributed by atoms with Gasteiger partial charge in [-0.15, -0.1) is 0 Å². The third-order valence-electron chi connectivity index (χ3n) is 2.55. The molecular weight excluding hydrogens is 298 g/mol. The van der Waals surface area contributed by atoms with Crippen LogP contribution >= 0.6 is 0 Å². The van der Waals surface area contributed by atoms with Gasteiger partial charge >= 0.3 is 12.1 Å². The maximum absolute atomic E-state index is 13.8. The molecule has 0 aliphatic carbocycles. The molecular formula is C12H11F4NO4. The first-order valence-electron chi connectivity index (χ1n) is 5.86. The lowest BCUT2D eigenvalue weighted by atomic mass is 10.0. The topological polar surface area (TPSA) is 69.4 Å². The molecule has 0 N–H and O–H groups in total. The number of hydrogen-bond acceptors (Lipinski definition) is 4. The lowest BCUT2D eigenvalue weighted by Crippen LogP contribution is -2.12. The smallest absolute Gasteiger partial charge is 0.419 e. The number of rotatable bonds is 5. The first-order chi connectivity index (χ1) is 9.66. The van der Waals surface area contributed by atoms with Crippen LogP contribution in [0.4, 0.5) is 23.2 Å². The molecule has 9 heteroatoms. The van der Waals surface area contributed by atoms with Gasteiger partial charge in [-0.3, -0.25) is 14.9 Å². The van der Waals surface area contributed by atoms with Gasteiger partial charge in [-0.25, -0.2) is 4.39 Å². The van der Waals surface area contributed by atoms with E-state index in [1.54, 1.807) is 0 Å². The lowest BCUT2D eigenvalue weighted by Gasteiger charge is -2.11. The molecule has 0 aromatic heterocycles. The molecule has 0 bridgehead atoms. The second-order valence-electron chi connectivity index (χ2n) is 4.03. The maximum atomic E-state index is 13.8. The van der Waals surface area contributed by atoms with Crippen molar-refractivity contribution in [2.75, 3.05) is 6.61 Å². The van der Waals surface area contributed by atoms with Crippen LogP contribution in [0.15, 0.2) is 12.1 Å². The van der Waals surface area contributed by atoms with Gasteiger partial charge in [0.2, 0.25) is 0 Å². The van der Waals surface area contributed by atoms with E-state index in [-0.39, 0.29) is 19.1 Å². The van der Waals surface area contributed by atoms with Gasteiger partial charge in [-0.1, -0.05) is 0 Å². The molecule has 5 nitrogen and oxygen atoms in total. The van der Waals surface area contributed by atoms with Crippen molar-refractivity contribution in [2.24, 2.45) is 0 Å². The quantitative estimate of drug-likeness (QED) is 0.362. The number of nitrogens with zero attached hydrogens (tertiary/aromatic N) is 1. The molecule has 0 unspecified atom stereocenters. The Balaban J connectivity index is 3.15. The van der Waals surface area contributed by atoms with Crippen LogP contribution in [0.2, 0.25) is 0 Å². The minimum Gasteiger partial charge on any atom is -0.466 e. The van der Waals surface area contributed by atoms with Crippen molar-refractivity contribution < 1.29 is 32.0 Å². The Morgan fingerprint density at radius 2 is 2.00 bits per heavy atom. The lowest BCUT2D eigenvalue weighted by molar-refractivity contribution is -0.385. The van der Waals surface area contributed by atoms with E-state index < -0.39 is 46.1 Å². The van der Waals surface area contributed by atoms with Crippen LogP contribution in [0.5, 0.6) is 0 Å². The number of halogens is 4. The Morgan fingerprint density at radius 1 is 1.38 bits per heavy atom. The summed E-state index contributed by atoms with van der Waals surface area (Å²) in [5.41, 5.74) is -3.16. The molecule has 116 valence electrons. The number of nitro groups is 1. The zero-order chi connectivity index (χ0) is 16.2. The summed E-state index contributed by atoms with van der Waals surface area (Å²) >= 11 is 0. The van der Waals surface area contributed by atoms with E-state index >= 15 is 0 Å². The second-order valence-corrected chi connectivity index (χ2v) is 4.03. The predicted octanol–water partition coefficient (Wildman–Crippen LogP) is 3.25. The molecule has 0 spiro atoms. The van der Waals surface area contributed by atoms with E-state index in [1.807, 2.05) is 0 Å². The van der Waals surface area contributed by atoms with E-state index in [4.69, 9.17) is 0 Å². The highest BCUT2D eigenvalue weighted by Crippen LogP contribution is 2.35. The van der Waals surface area contributed by atoms with Gasteiger partial charge < -0.3 is 4.74 Å². The number of nitro benzene ring substituents is 1. The van der Waals surface area contributed by atoms with Gasteiger partial charge in [0.25, 0.3) is 5.69 Å². The van der Waals surface area contributed by atoms with Crippen molar-refractivity contribution in [3.63, 3.8) is 0 Å². The fourth-order valence-electron chi connectivity index (χ4n) is 1.63. The van der Waals surface area contributed by atoms with Gasteiger partial charge in [0.1, 0.15) is 5.82 Å². The number of carbonyl (C=O) groups is 1. The Hall–Kier alpha value is -2.19. The summed E-state index contributed by atoms with van der Waals surface area (Å²) in [5, 5.41) is 10.6. The third-order valence-corrected chi connectivity index (χ3v) is 2.55. The molecule has 0 heterocycles. The molecule has 1 rings (SSSR count). The van der Waals surface area contributed by atoms with Gasteiger partial charge in [0, 0.05) is 18.6 Å². The van der Waals surface area contributed by atoms with Crippen LogP contribution < -0.4 is 0 Å². The number of hydrogen-bond donors (Lipinski definition) is 0. The van der Waals surface area contributed by atoms with Crippen LogP contribution in [0.3, 0.4) is 0 Å². The third kappa shape index (κ3) is 4.40. The van der Waals surface area contributed by atoms with Crippen molar-refractivity contribution in [3.8, 4) is 0 Å². The van der Waals surface area contributed by atoms with Crippen LogP contribution in [-0.2, 0) is 22.1 Å². The average Bonchev–Trinajstić information content (AvgIpc) is 2.36. The zero-order valence-corrected chi connectivity index (χ0v) is 10.9. The summed E-state index contributed by atoms with van der Waals surface area (Å²) in [7, 11) is 0. The molecule has 21 heavy (non-hydrogen) atoms. The molecule has 0 saturated carbocycles. The number of alkyl halides is 3. The fourth-order valence-corrected chi connectivity index (χ4v) is 1.63. The second kappa shape index (κ2) is 6.51. The Labute approximate surface area is 116 Å². The predicted molar refractivity (Wildman–Crippen MR) is 63.0 cm³/mol. The summed E-state index contributed by atoms with van der Waals surface area (Å²) < 4.78 is 56.2.